The Morgan fingerprint density at radius 1 is 1.38 bits per heavy atom. The van der Waals surface area contributed by atoms with Gasteiger partial charge in [0.1, 0.15) is 0 Å². The van der Waals surface area contributed by atoms with E-state index in [1.54, 1.807) is 0 Å². The van der Waals surface area contributed by atoms with Crippen molar-refractivity contribution in [2.45, 2.75) is 26.3 Å². The third-order valence-corrected chi connectivity index (χ3v) is 2.82. The Hall–Kier alpha value is -0.0300. The van der Waals surface area contributed by atoms with E-state index in [-0.39, 0.29) is 36.8 Å². The van der Waals surface area contributed by atoms with Crippen molar-refractivity contribution in [1.29, 1.82) is 0 Å². The molecule has 0 saturated carbocycles. The zero-order valence-corrected chi connectivity index (χ0v) is 11.6. The van der Waals surface area contributed by atoms with Gasteiger partial charge in [-0.05, 0) is 13.1 Å². The molecule has 0 spiro atoms. The summed E-state index contributed by atoms with van der Waals surface area (Å²) in [5.74, 6) is 0.213. The average Bonchev–Trinajstić information content (AvgIpc) is 2.47. The molecule has 0 aliphatic carbocycles. The highest BCUT2D eigenvalue weighted by molar-refractivity contribution is 5.85. The lowest BCUT2D eigenvalue weighted by Gasteiger charge is -2.22. The minimum Gasteiger partial charge on any atom is -0.340 e. The van der Waals surface area contributed by atoms with Crippen molar-refractivity contribution < 1.29 is 4.79 Å². The van der Waals surface area contributed by atoms with Gasteiger partial charge in [0, 0.05) is 32.1 Å². The molecule has 1 unspecified atom stereocenters. The van der Waals surface area contributed by atoms with Crippen molar-refractivity contribution in [3.05, 3.63) is 0 Å². The first-order chi connectivity index (χ1) is 6.67. The molecule has 0 aromatic rings. The minimum absolute atomic E-state index is 0. The quantitative estimate of drug-likeness (QED) is 0.802. The van der Waals surface area contributed by atoms with Crippen LogP contribution in [0, 0.1) is 0 Å². The van der Waals surface area contributed by atoms with E-state index in [0.29, 0.717) is 6.42 Å². The van der Waals surface area contributed by atoms with Crippen LogP contribution in [-0.2, 0) is 4.79 Å². The van der Waals surface area contributed by atoms with Crippen LogP contribution in [0.25, 0.3) is 0 Å². The summed E-state index contributed by atoms with van der Waals surface area (Å²) in [6.45, 7) is 8.90. The van der Waals surface area contributed by atoms with Gasteiger partial charge in [-0.25, -0.2) is 0 Å². The molecule has 0 aromatic carbocycles. The number of hydrogen-bond donors (Lipinski definition) is 1. The molecule has 1 saturated heterocycles. The number of carbonyl (C=O) groups is 1. The fourth-order valence-electron chi connectivity index (χ4n) is 1.82. The monoisotopic (exact) mass is 271 g/mol. The first kappa shape index (κ1) is 18.3. The van der Waals surface area contributed by atoms with Crippen LogP contribution in [-0.4, -0.2) is 54.5 Å². The first-order valence-corrected chi connectivity index (χ1v) is 5.43. The van der Waals surface area contributed by atoms with Gasteiger partial charge in [-0.1, -0.05) is 13.8 Å². The summed E-state index contributed by atoms with van der Waals surface area (Å²) >= 11 is 0. The highest BCUT2D eigenvalue weighted by Gasteiger charge is 2.26. The molecule has 6 heteroatoms. The van der Waals surface area contributed by atoms with Gasteiger partial charge < -0.3 is 15.5 Å². The van der Waals surface area contributed by atoms with Crippen LogP contribution in [0.5, 0.6) is 0 Å². The number of carbonyl (C=O) groups excluding carboxylic acids is 1. The van der Waals surface area contributed by atoms with E-state index in [4.69, 9.17) is 5.73 Å². The second-order valence-corrected chi connectivity index (χ2v) is 3.83. The molecule has 98 valence electrons. The SMILES string of the molecule is CCN(CC)CCN1CC(N)CC1=O.Cl.Cl. The van der Waals surface area contributed by atoms with Crippen molar-refractivity contribution >= 4 is 30.7 Å². The Morgan fingerprint density at radius 3 is 2.31 bits per heavy atom. The van der Waals surface area contributed by atoms with Crippen molar-refractivity contribution in [3.8, 4) is 0 Å². The maximum absolute atomic E-state index is 11.4. The summed E-state index contributed by atoms with van der Waals surface area (Å²) in [7, 11) is 0. The molecule has 0 aromatic heterocycles. The van der Waals surface area contributed by atoms with Gasteiger partial charge in [0.2, 0.25) is 5.91 Å². The van der Waals surface area contributed by atoms with Crippen molar-refractivity contribution in [2.24, 2.45) is 5.73 Å². The molecule has 16 heavy (non-hydrogen) atoms. The lowest BCUT2D eigenvalue weighted by Crippen LogP contribution is -2.36. The van der Waals surface area contributed by atoms with Crippen molar-refractivity contribution in [1.82, 2.24) is 9.80 Å². The summed E-state index contributed by atoms with van der Waals surface area (Å²) in [5, 5.41) is 0. The Labute approximate surface area is 110 Å². The second kappa shape index (κ2) is 9.05. The van der Waals surface area contributed by atoms with Gasteiger partial charge in [0.05, 0.1) is 0 Å². The van der Waals surface area contributed by atoms with Crippen LogP contribution in [0.15, 0.2) is 0 Å². The van der Waals surface area contributed by atoms with Crippen LogP contribution in [0.3, 0.4) is 0 Å². The summed E-state index contributed by atoms with van der Waals surface area (Å²) in [5.41, 5.74) is 5.71. The summed E-state index contributed by atoms with van der Waals surface area (Å²) < 4.78 is 0. The Morgan fingerprint density at radius 2 is 1.94 bits per heavy atom. The van der Waals surface area contributed by atoms with Crippen molar-refractivity contribution in [3.63, 3.8) is 0 Å². The zero-order valence-electron chi connectivity index (χ0n) is 10.0. The topological polar surface area (TPSA) is 49.6 Å². The molecule has 1 fully saturated rings. The number of likely N-dealkylation sites (N-methyl/N-ethyl adjacent to an activating group) is 1. The van der Waals surface area contributed by atoms with Crippen LogP contribution < -0.4 is 5.73 Å². The van der Waals surface area contributed by atoms with Crippen LogP contribution in [0.1, 0.15) is 20.3 Å². The number of hydrogen-bond acceptors (Lipinski definition) is 3. The molecular weight excluding hydrogens is 249 g/mol. The van der Waals surface area contributed by atoms with E-state index < -0.39 is 0 Å². The van der Waals surface area contributed by atoms with E-state index in [1.807, 2.05) is 4.90 Å². The van der Waals surface area contributed by atoms with Gasteiger partial charge in [0.15, 0.2) is 0 Å². The van der Waals surface area contributed by atoms with E-state index in [2.05, 4.69) is 18.7 Å². The van der Waals surface area contributed by atoms with Gasteiger partial charge >= 0.3 is 0 Å². The lowest BCUT2D eigenvalue weighted by molar-refractivity contribution is -0.127. The number of rotatable bonds is 5. The van der Waals surface area contributed by atoms with Crippen molar-refractivity contribution in [2.75, 3.05) is 32.7 Å². The molecule has 1 aliphatic rings. The zero-order chi connectivity index (χ0) is 10.6. The second-order valence-electron chi connectivity index (χ2n) is 3.83. The predicted octanol–water partition coefficient (Wildman–Crippen LogP) is 0.731. The van der Waals surface area contributed by atoms with Crippen LogP contribution in [0.2, 0.25) is 0 Å². The Balaban J connectivity index is 0. The number of likely N-dealkylation sites (tertiary alicyclic amines) is 1. The smallest absolute Gasteiger partial charge is 0.224 e. The van der Waals surface area contributed by atoms with Gasteiger partial charge in [-0.15, -0.1) is 24.8 Å². The average molecular weight is 272 g/mol. The summed E-state index contributed by atoms with van der Waals surface area (Å²) in [4.78, 5) is 15.6. The summed E-state index contributed by atoms with van der Waals surface area (Å²) in [6.07, 6.45) is 0.526. The van der Waals surface area contributed by atoms with E-state index in [9.17, 15) is 4.79 Å². The maximum Gasteiger partial charge on any atom is 0.224 e. The largest absolute Gasteiger partial charge is 0.340 e. The van der Waals surface area contributed by atoms with Gasteiger partial charge in [0.25, 0.3) is 0 Å². The van der Waals surface area contributed by atoms with E-state index in [1.165, 1.54) is 0 Å². The fraction of sp³-hybridized carbons (Fsp3) is 0.900. The first-order valence-electron chi connectivity index (χ1n) is 5.43. The Bertz CT molecular complexity index is 201. The Kier molecular flexibility index (Phi) is 10.4. The molecule has 1 aliphatic heterocycles. The molecule has 0 radical (unpaired) electrons. The summed E-state index contributed by atoms with van der Waals surface area (Å²) in [6, 6.07) is 0.0548. The molecule has 1 amide bonds. The van der Waals surface area contributed by atoms with Crippen LogP contribution in [0.4, 0.5) is 0 Å². The molecule has 4 nitrogen and oxygen atoms in total. The van der Waals surface area contributed by atoms with E-state index in [0.717, 1.165) is 32.7 Å². The minimum atomic E-state index is 0. The highest BCUT2D eigenvalue weighted by atomic mass is 35.5. The molecule has 2 N–H and O–H groups in total. The standard InChI is InChI=1S/C10H21N3O.2ClH/c1-3-12(4-2)5-6-13-8-9(11)7-10(13)14;;/h9H,3-8,11H2,1-2H3;2*1H. The molecule has 0 bridgehead atoms. The maximum atomic E-state index is 11.4. The fourth-order valence-corrected chi connectivity index (χ4v) is 1.82. The molecule has 1 rings (SSSR count). The third kappa shape index (κ3) is 5.34. The highest BCUT2D eigenvalue weighted by Crippen LogP contribution is 2.08. The number of nitrogens with two attached hydrogens (primary N) is 1. The molecule has 1 atom stereocenters. The molecular formula is C10H23Cl2N3O. The lowest BCUT2D eigenvalue weighted by atomic mass is 10.3. The normalized spacial score (nSPS) is 19.6. The molecule has 1 heterocycles. The van der Waals surface area contributed by atoms with Gasteiger partial charge in [-0.2, -0.15) is 0 Å². The predicted molar refractivity (Wildman–Crippen MR) is 71.5 cm³/mol. The van der Waals surface area contributed by atoms with Crippen LogP contribution >= 0.6 is 24.8 Å². The van der Waals surface area contributed by atoms with Gasteiger partial charge in [-0.3, -0.25) is 4.79 Å². The van der Waals surface area contributed by atoms with E-state index >= 15 is 0 Å². The number of halogens is 2. The number of amides is 1. The third-order valence-electron chi connectivity index (χ3n) is 2.82. The number of nitrogens with zero attached hydrogens (tertiary/aromatic N) is 2.